The molecule has 1 heterocycles. The Morgan fingerprint density at radius 3 is 1.73 bits per heavy atom. The van der Waals surface area contributed by atoms with E-state index in [2.05, 4.69) is 5.16 Å². The highest BCUT2D eigenvalue weighted by Gasteiger charge is 2.08. The first-order valence-electron chi connectivity index (χ1n) is 9.93. The Balaban J connectivity index is 1.70. The Hall–Kier alpha value is -4.33. The van der Waals surface area contributed by atoms with Crippen LogP contribution in [0.3, 0.4) is 0 Å². The maximum Gasteiger partial charge on any atom is 0.308 e. The molecule has 1 aromatic heterocycles. The number of hydrogen-bond donors (Lipinski definition) is 0. The fourth-order valence-electron chi connectivity index (χ4n) is 2.87. The summed E-state index contributed by atoms with van der Waals surface area (Å²) < 4.78 is 26.1. The van der Waals surface area contributed by atoms with Crippen molar-refractivity contribution in [2.24, 2.45) is 0 Å². The van der Waals surface area contributed by atoms with Crippen LogP contribution in [0.25, 0.3) is 24.3 Å². The molecule has 2 aromatic carbocycles. The Bertz CT molecular complexity index is 1120. The number of benzene rings is 2. The van der Waals surface area contributed by atoms with Crippen LogP contribution in [-0.2, 0) is 9.59 Å². The molecule has 8 nitrogen and oxygen atoms in total. The minimum Gasteiger partial charge on any atom is -0.493 e. The second-order valence-electron chi connectivity index (χ2n) is 6.83. The smallest absolute Gasteiger partial charge is 0.308 e. The van der Waals surface area contributed by atoms with E-state index in [0.717, 1.165) is 11.1 Å². The summed E-state index contributed by atoms with van der Waals surface area (Å²) in [6.45, 7) is 2.66. The van der Waals surface area contributed by atoms with Crippen molar-refractivity contribution < 1.29 is 33.1 Å². The zero-order valence-electron chi connectivity index (χ0n) is 18.7. The fraction of sp³-hybridized carbons (Fsp3) is 0.160. The van der Waals surface area contributed by atoms with Gasteiger partial charge in [0.15, 0.2) is 28.8 Å². The number of ether oxygens (including phenoxy) is 4. The van der Waals surface area contributed by atoms with Crippen LogP contribution >= 0.6 is 0 Å². The normalized spacial score (nSPS) is 11.0. The van der Waals surface area contributed by atoms with E-state index in [4.69, 9.17) is 23.5 Å². The highest BCUT2D eigenvalue weighted by Crippen LogP contribution is 2.30. The van der Waals surface area contributed by atoms with Gasteiger partial charge in [-0.2, -0.15) is 0 Å². The van der Waals surface area contributed by atoms with Crippen LogP contribution in [0, 0.1) is 0 Å². The lowest BCUT2D eigenvalue weighted by Gasteiger charge is -2.08. The van der Waals surface area contributed by atoms with Gasteiger partial charge in [0.2, 0.25) is 0 Å². The molecule has 0 atom stereocenters. The molecule has 0 N–H and O–H groups in total. The van der Waals surface area contributed by atoms with E-state index in [1.807, 2.05) is 12.2 Å². The Morgan fingerprint density at radius 2 is 1.24 bits per heavy atom. The quantitative estimate of drug-likeness (QED) is 0.354. The van der Waals surface area contributed by atoms with Gasteiger partial charge in [0.1, 0.15) is 5.69 Å². The van der Waals surface area contributed by atoms with Gasteiger partial charge in [0.05, 0.1) is 14.2 Å². The molecule has 0 saturated carbocycles. The highest BCUT2D eigenvalue weighted by atomic mass is 16.6. The molecule has 3 aromatic rings. The second-order valence-corrected chi connectivity index (χ2v) is 6.83. The Labute approximate surface area is 191 Å². The van der Waals surface area contributed by atoms with Gasteiger partial charge in [0.25, 0.3) is 0 Å². The molecule has 0 aliphatic rings. The number of carbonyl (C=O) groups is 2. The highest BCUT2D eigenvalue weighted by molar-refractivity contribution is 5.75. The van der Waals surface area contributed by atoms with Gasteiger partial charge in [-0.25, -0.2) is 0 Å². The van der Waals surface area contributed by atoms with E-state index in [-0.39, 0.29) is 0 Å². The maximum absolute atomic E-state index is 11.2. The molecule has 0 spiro atoms. The summed E-state index contributed by atoms with van der Waals surface area (Å²) in [6.07, 6.45) is 7.22. The van der Waals surface area contributed by atoms with E-state index in [9.17, 15) is 9.59 Å². The number of hydrogen-bond acceptors (Lipinski definition) is 8. The molecule has 8 heteroatoms. The first-order valence-corrected chi connectivity index (χ1v) is 9.93. The number of carbonyl (C=O) groups excluding carboxylic acids is 2. The minimum absolute atomic E-state index is 0.353. The maximum atomic E-state index is 11.2. The lowest BCUT2D eigenvalue weighted by atomic mass is 10.1. The Kier molecular flexibility index (Phi) is 7.64. The molecule has 0 bridgehead atoms. The average molecular weight is 449 g/mol. The molecule has 0 saturated heterocycles. The van der Waals surface area contributed by atoms with Crippen molar-refractivity contribution in [3.63, 3.8) is 0 Å². The van der Waals surface area contributed by atoms with Gasteiger partial charge >= 0.3 is 11.9 Å². The van der Waals surface area contributed by atoms with E-state index in [1.54, 1.807) is 54.6 Å². The standard InChI is InChI=1S/C25H23NO7/c1-16(27)31-22-11-7-18(13-24(22)29-3)5-9-20-15-21(33-26-20)10-6-19-8-12-23(32-17(2)28)25(14-19)30-4/h5-15H,1-4H3/b9-5+,10-6+. The fourth-order valence-corrected chi connectivity index (χ4v) is 2.87. The van der Waals surface area contributed by atoms with Crippen molar-refractivity contribution >= 4 is 36.2 Å². The van der Waals surface area contributed by atoms with Gasteiger partial charge < -0.3 is 23.5 Å². The lowest BCUT2D eigenvalue weighted by Crippen LogP contribution is -2.02. The van der Waals surface area contributed by atoms with Crippen LogP contribution in [-0.4, -0.2) is 31.3 Å². The SMILES string of the molecule is COc1cc(/C=C/c2cc(/C=C/c3ccc(OC(C)=O)c(OC)c3)on2)ccc1OC(C)=O. The molecule has 3 rings (SSSR count). The zero-order valence-corrected chi connectivity index (χ0v) is 18.7. The van der Waals surface area contributed by atoms with E-state index >= 15 is 0 Å². The number of methoxy groups -OCH3 is 2. The topological polar surface area (TPSA) is 97.1 Å². The van der Waals surface area contributed by atoms with Gasteiger partial charge in [-0.1, -0.05) is 29.4 Å². The van der Waals surface area contributed by atoms with Crippen molar-refractivity contribution in [3.8, 4) is 23.0 Å². The van der Waals surface area contributed by atoms with Crippen molar-refractivity contribution in [2.75, 3.05) is 14.2 Å². The summed E-state index contributed by atoms with van der Waals surface area (Å²) in [5, 5.41) is 4.03. The minimum atomic E-state index is -0.419. The molecule has 0 amide bonds. The summed E-state index contributed by atoms with van der Waals surface area (Å²) >= 11 is 0. The van der Waals surface area contributed by atoms with Crippen molar-refractivity contribution in [3.05, 3.63) is 65.0 Å². The summed E-state index contributed by atoms with van der Waals surface area (Å²) in [5.41, 5.74) is 2.29. The molecule has 0 aliphatic carbocycles. The average Bonchev–Trinajstić information content (AvgIpc) is 3.24. The van der Waals surface area contributed by atoms with Crippen molar-refractivity contribution in [1.29, 1.82) is 0 Å². The van der Waals surface area contributed by atoms with Crippen LogP contribution in [0.1, 0.15) is 36.4 Å². The number of nitrogens with zero attached hydrogens (tertiary/aromatic N) is 1. The van der Waals surface area contributed by atoms with E-state index in [1.165, 1.54) is 28.1 Å². The summed E-state index contributed by atoms with van der Waals surface area (Å²) in [5.74, 6) is 1.33. The van der Waals surface area contributed by atoms with Crippen LogP contribution in [0.4, 0.5) is 0 Å². The Morgan fingerprint density at radius 1 is 0.727 bits per heavy atom. The lowest BCUT2D eigenvalue weighted by molar-refractivity contribution is -0.132. The zero-order chi connectivity index (χ0) is 23.8. The van der Waals surface area contributed by atoms with Crippen molar-refractivity contribution in [1.82, 2.24) is 5.16 Å². The number of esters is 2. The van der Waals surface area contributed by atoms with E-state index < -0.39 is 11.9 Å². The van der Waals surface area contributed by atoms with Crippen LogP contribution in [0.15, 0.2) is 47.0 Å². The van der Waals surface area contributed by atoms with Crippen LogP contribution in [0.5, 0.6) is 23.0 Å². The first-order chi connectivity index (χ1) is 15.9. The third-order valence-corrected chi connectivity index (χ3v) is 4.32. The summed E-state index contributed by atoms with van der Waals surface area (Å²) in [6, 6.07) is 12.2. The molecule has 0 unspecified atom stereocenters. The van der Waals surface area contributed by atoms with E-state index in [0.29, 0.717) is 34.5 Å². The number of rotatable bonds is 8. The van der Waals surface area contributed by atoms with Crippen LogP contribution < -0.4 is 18.9 Å². The summed E-state index contributed by atoms with van der Waals surface area (Å²) in [4.78, 5) is 22.3. The predicted octanol–water partition coefficient (Wildman–Crippen LogP) is 4.88. The molecule has 170 valence electrons. The largest absolute Gasteiger partial charge is 0.493 e. The van der Waals surface area contributed by atoms with Gasteiger partial charge in [-0.05, 0) is 47.5 Å². The van der Waals surface area contributed by atoms with Crippen molar-refractivity contribution in [2.45, 2.75) is 13.8 Å². The third-order valence-electron chi connectivity index (χ3n) is 4.32. The third kappa shape index (κ3) is 6.57. The predicted molar refractivity (Wildman–Crippen MR) is 123 cm³/mol. The molecule has 0 fully saturated rings. The van der Waals surface area contributed by atoms with Gasteiger partial charge in [-0.15, -0.1) is 0 Å². The molecule has 0 aliphatic heterocycles. The van der Waals surface area contributed by atoms with Crippen LogP contribution in [0.2, 0.25) is 0 Å². The molecule has 33 heavy (non-hydrogen) atoms. The first kappa shape index (κ1) is 23.3. The second kappa shape index (κ2) is 10.8. The monoisotopic (exact) mass is 449 g/mol. The number of aromatic nitrogens is 1. The molecular formula is C25H23NO7. The molecular weight excluding hydrogens is 426 g/mol. The molecule has 0 radical (unpaired) electrons. The van der Waals surface area contributed by atoms with Gasteiger partial charge in [-0.3, -0.25) is 9.59 Å². The summed E-state index contributed by atoms with van der Waals surface area (Å²) in [7, 11) is 3.01. The van der Waals surface area contributed by atoms with Gasteiger partial charge in [0, 0.05) is 19.9 Å².